The summed E-state index contributed by atoms with van der Waals surface area (Å²) in [5.41, 5.74) is 8.14. The molecule has 1 aromatic carbocycles. The molecule has 0 saturated carbocycles. The van der Waals surface area contributed by atoms with Crippen molar-refractivity contribution in [3.63, 3.8) is 0 Å². The van der Waals surface area contributed by atoms with E-state index in [0.717, 1.165) is 17.7 Å². The van der Waals surface area contributed by atoms with Gasteiger partial charge in [0.25, 0.3) is 0 Å². The van der Waals surface area contributed by atoms with Gasteiger partial charge in [-0.1, -0.05) is 22.9 Å². The Hall–Kier alpha value is -1.88. The average molecular weight is 247 g/mol. The number of hydrogen-bond donors (Lipinski definition) is 1. The molecule has 0 aliphatic heterocycles. The Balaban J connectivity index is 2.10. The van der Waals surface area contributed by atoms with E-state index in [4.69, 9.17) is 10.5 Å². The number of rotatable bonds is 5. The first kappa shape index (κ1) is 12.6. The molecule has 2 rings (SSSR count). The first-order valence-electron chi connectivity index (χ1n) is 5.88. The molecule has 0 bridgehead atoms. The first-order chi connectivity index (χ1) is 8.65. The van der Waals surface area contributed by atoms with Crippen molar-refractivity contribution in [1.29, 1.82) is 0 Å². The Labute approximate surface area is 106 Å². The molecule has 0 fully saturated rings. The highest BCUT2D eigenvalue weighted by molar-refractivity contribution is 5.37. The standard InChI is InChI=1S/C13H17N3O2/c1-9-3-4-12(11(5-9)6-10(2)14)17-7-13-15-8-18-16-13/h3-5,8,10H,6-7,14H2,1-2H3. The maximum absolute atomic E-state index is 5.84. The lowest BCUT2D eigenvalue weighted by molar-refractivity contribution is 0.283. The summed E-state index contributed by atoms with van der Waals surface area (Å²) in [6.07, 6.45) is 2.07. The summed E-state index contributed by atoms with van der Waals surface area (Å²) < 4.78 is 10.4. The van der Waals surface area contributed by atoms with E-state index >= 15 is 0 Å². The number of aromatic nitrogens is 2. The third kappa shape index (κ3) is 3.30. The van der Waals surface area contributed by atoms with Gasteiger partial charge in [0.15, 0.2) is 6.61 Å². The highest BCUT2D eigenvalue weighted by atomic mass is 16.5. The number of hydrogen-bond acceptors (Lipinski definition) is 5. The van der Waals surface area contributed by atoms with Crippen LogP contribution in [-0.4, -0.2) is 16.2 Å². The second-order valence-electron chi connectivity index (χ2n) is 4.43. The summed E-state index contributed by atoms with van der Waals surface area (Å²) in [6.45, 7) is 4.32. The van der Waals surface area contributed by atoms with E-state index in [-0.39, 0.29) is 6.04 Å². The summed E-state index contributed by atoms with van der Waals surface area (Å²) in [6, 6.07) is 6.15. The van der Waals surface area contributed by atoms with E-state index in [1.54, 1.807) is 0 Å². The fraction of sp³-hybridized carbons (Fsp3) is 0.385. The molecule has 1 aromatic heterocycles. The van der Waals surface area contributed by atoms with Gasteiger partial charge in [-0.2, -0.15) is 4.98 Å². The fourth-order valence-corrected chi connectivity index (χ4v) is 1.75. The first-order valence-corrected chi connectivity index (χ1v) is 5.88. The molecule has 1 atom stereocenters. The van der Waals surface area contributed by atoms with Gasteiger partial charge in [-0.15, -0.1) is 0 Å². The molecule has 2 N–H and O–H groups in total. The lowest BCUT2D eigenvalue weighted by Gasteiger charge is -2.13. The Morgan fingerprint density at radius 3 is 2.94 bits per heavy atom. The van der Waals surface area contributed by atoms with Crippen LogP contribution in [0.4, 0.5) is 0 Å². The van der Waals surface area contributed by atoms with Crippen molar-refractivity contribution >= 4 is 0 Å². The second kappa shape index (κ2) is 5.64. The molecule has 0 radical (unpaired) electrons. The summed E-state index contributed by atoms with van der Waals surface area (Å²) in [5.74, 6) is 1.35. The maximum atomic E-state index is 5.84. The van der Waals surface area contributed by atoms with Gasteiger partial charge in [0.1, 0.15) is 5.75 Å². The zero-order valence-electron chi connectivity index (χ0n) is 10.6. The van der Waals surface area contributed by atoms with E-state index < -0.39 is 0 Å². The highest BCUT2D eigenvalue weighted by Gasteiger charge is 2.08. The SMILES string of the molecule is Cc1ccc(OCc2ncon2)c(CC(C)N)c1. The Kier molecular flexibility index (Phi) is 3.94. The quantitative estimate of drug-likeness (QED) is 0.872. The largest absolute Gasteiger partial charge is 0.485 e. The van der Waals surface area contributed by atoms with Crippen LogP contribution in [0.5, 0.6) is 5.75 Å². The topological polar surface area (TPSA) is 74.2 Å². The van der Waals surface area contributed by atoms with Crippen LogP contribution in [-0.2, 0) is 13.0 Å². The lowest BCUT2D eigenvalue weighted by Crippen LogP contribution is -2.18. The maximum Gasteiger partial charge on any atom is 0.213 e. The minimum absolute atomic E-state index is 0.0966. The van der Waals surface area contributed by atoms with Crippen LogP contribution < -0.4 is 10.5 Å². The van der Waals surface area contributed by atoms with Gasteiger partial charge in [0.2, 0.25) is 12.2 Å². The molecule has 96 valence electrons. The molecule has 0 aliphatic rings. The smallest absolute Gasteiger partial charge is 0.213 e. The predicted octanol–water partition coefficient (Wildman–Crippen LogP) is 1.85. The number of nitrogens with zero attached hydrogens (tertiary/aromatic N) is 2. The lowest BCUT2D eigenvalue weighted by atomic mass is 10.0. The van der Waals surface area contributed by atoms with E-state index in [0.29, 0.717) is 12.4 Å². The molecule has 0 saturated heterocycles. The van der Waals surface area contributed by atoms with E-state index in [1.807, 2.05) is 26.0 Å². The molecule has 1 heterocycles. The van der Waals surface area contributed by atoms with Crippen molar-refractivity contribution in [1.82, 2.24) is 10.1 Å². The van der Waals surface area contributed by atoms with Gasteiger partial charge in [-0.3, -0.25) is 0 Å². The summed E-state index contributed by atoms with van der Waals surface area (Å²) >= 11 is 0. The molecule has 5 heteroatoms. The van der Waals surface area contributed by atoms with E-state index in [2.05, 4.69) is 20.7 Å². The van der Waals surface area contributed by atoms with Gasteiger partial charge < -0.3 is 15.0 Å². The number of aryl methyl sites for hydroxylation is 1. The highest BCUT2D eigenvalue weighted by Crippen LogP contribution is 2.22. The Bertz CT molecular complexity index is 495. The van der Waals surface area contributed by atoms with Gasteiger partial charge in [0, 0.05) is 6.04 Å². The predicted molar refractivity (Wildman–Crippen MR) is 67.2 cm³/mol. The van der Waals surface area contributed by atoms with E-state index in [9.17, 15) is 0 Å². The van der Waals surface area contributed by atoms with Gasteiger partial charge in [-0.25, -0.2) is 0 Å². The molecular weight excluding hydrogens is 230 g/mol. The second-order valence-corrected chi connectivity index (χ2v) is 4.43. The normalized spacial score (nSPS) is 12.4. The molecule has 1 unspecified atom stereocenters. The van der Waals surface area contributed by atoms with Gasteiger partial charge in [-0.05, 0) is 31.9 Å². The van der Waals surface area contributed by atoms with Crippen LogP contribution in [0.25, 0.3) is 0 Å². The van der Waals surface area contributed by atoms with Crippen LogP contribution in [0.3, 0.4) is 0 Å². The van der Waals surface area contributed by atoms with E-state index in [1.165, 1.54) is 12.0 Å². The minimum Gasteiger partial charge on any atom is -0.485 e. The molecule has 0 aliphatic carbocycles. The van der Waals surface area contributed by atoms with Crippen molar-refractivity contribution < 1.29 is 9.26 Å². The molecular formula is C13H17N3O2. The zero-order chi connectivity index (χ0) is 13.0. The van der Waals surface area contributed by atoms with Crippen LogP contribution >= 0.6 is 0 Å². The van der Waals surface area contributed by atoms with Crippen molar-refractivity contribution in [2.75, 3.05) is 0 Å². The Morgan fingerprint density at radius 1 is 1.44 bits per heavy atom. The molecule has 5 nitrogen and oxygen atoms in total. The van der Waals surface area contributed by atoms with Gasteiger partial charge >= 0.3 is 0 Å². The zero-order valence-corrected chi connectivity index (χ0v) is 10.6. The summed E-state index contributed by atoms with van der Waals surface area (Å²) in [5, 5.41) is 3.70. The molecule has 18 heavy (non-hydrogen) atoms. The van der Waals surface area contributed by atoms with Crippen molar-refractivity contribution in [2.24, 2.45) is 5.73 Å². The van der Waals surface area contributed by atoms with Crippen molar-refractivity contribution in [3.05, 3.63) is 41.5 Å². The van der Waals surface area contributed by atoms with Crippen molar-refractivity contribution in [3.8, 4) is 5.75 Å². The molecule has 2 aromatic rings. The monoisotopic (exact) mass is 247 g/mol. The molecule has 0 spiro atoms. The third-order valence-corrected chi connectivity index (χ3v) is 2.52. The number of nitrogens with two attached hydrogens (primary N) is 1. The molecule has 0 amide bonds. The fourth-order valence-electron chi connectivity index (χ4n) is 1.75. The van der Waals surface area contributed by atoms with Crippen LogP contribution in [0, 0.1) is 6.92 Å². The Morgan fingerprint density at radius 2 is 2.28 bits per heavy atom. The van der Waals surface area contributed by atoms with Crippen LogP contribution in [0.2, 0.25) is 0 Å². The third-order valence-electron chi connectivity index (χ3n) is 2.52. The minimum atomic E-state index is 0.0966. The summed E-state index contributed by atoms with van der Waals surface area (Å²) in [7, 11) is 0. The number of ether oxygens (including phenoxy) is 1. The van der Waals surface area contributed by atoms with Crippen LogP contribution in [0.1, 0.15) is 23.9 Å². The average Bonchev–Trinajstić information content (AvgIpc) is 2.80. The van der Waals surface area contributed by atoms with Crippen LogP contribution in [0.15, 0.2) is 29.1 Å². The number of benzene rings is 1. The van der Waals surface area contributed by atoms with Crippen molar-refractivity contribution in [2.45, 2.75) is 32.9 Å². The summed E-state index contributed by atoms with van der Waals surface area (Å²) in [4.78, 5) is 3.91. The van der Waals surface area contributed by atoms with Gasteiger partial charge in [0.05, 0.1) is 0 Å².